The molecule has 0 unspecified atom stereocenters. The van der Waals surface area contributed by atoms with E-state index in [4.69, 9.17) is 19.3 Å². The zero-order valence-corrected chi connectivity index (χ0v) is 21.9. The van der Waals surface area contributed by atoms with Crippen molar-refractivity contribution in [2.24, 2.45) is 0 Å². The Balaban J connectivity index is 1.69. The number of halogens is 1. The lowest BCUT2D eigenvalue weighted by atomic mass is 9.71. The number of carboxylic acid groups (broad SMARTS) is 1. The molecule has 1 N–H and O–H groups in total. The molecule has 198 valence electrons. The Morgan fingerprint density at radius 1 is 1.16 bits per heavy atom. The topological polar surface area (TPSA) is 69.9 Å². The fraction of sp³-hybridized carbons (Fsp3) is 0.500. The number of fused-ring (bicyclic) bond motifs is 4. The average molecular weight is 510 g/mol. The summed E-state index contributed by atoms with van der Waals surface area (Å²) in [6, 6.07) is 12.8. The van der Waals surface area contributed by atoms with E-state index < -0.39 is 11.6 Å². The van der Waals surface area contributed by atoms with Crippen molar-refractivity contribution in [1.29, 1.82) is 0 Å². The minimum absolute atomic E-state index is 0.102. The van der Waals surface area contributed by atoms with Gasteiger partial charge in [0.1, 0.15) is 18.2 Å². The molecule has 1 aromatic heterocycles. The van der Waals surface area contributed by atoms with E-state index in [-0.39, 0.29) is 23.9 Å². The van der Waals surface area contributed by atoms with Crippen molar-refractivity contribution in [3.05, 3.63) is 59.5 Å². The van der Waals surface area contributed by atoms with Gasteiger partial charge < -0.3 is 23.9 Å². The molecule has 5 rings (SSSR count). The standard InChI is InChI=1S/C30H36FNO5/c1-4-5-17-35-24-8-6-7-23-26(24)27-28(32(23)21-11-9-20(31)10-12-21)29(2,3)19-37-30(27)15-13-22(14-16-30)36-18-25(33)34/h6-12,22H,4-5,13-19H2,1-3H3,(H,33,34)/t22-,30+. The van der Waals surface area contributed by atoms with Crippen LogP contribution in [0.1, 0.15) is 70.6 Å². The molecule has 0 radical (unpaired) electrons. The Kier molecular flexibility index (Phi) is 7.03. The third kappa shape index (κ3) is 4.75. The second-order valence-corrected chi connectivity index (χ2v) is 11.0. The fourth-order valence-electron chi connectivity index (χ4n) is 5.96. The number of carboxylic acids is 1. The van der Waals surface area contributed by atoms with Crippen molar-refractivity contribution < 1.29 is 28.5 Å². The Morgan fingerprint density at radius 3 is 2.57 bits per heavy atom. The predicted molar refractivity (Wildman–Crippen MR) is 140 cm³/mol. The molecule has 0 saturated heterocycles. The second kappa shape index (κ2) is 10.1. The number of ether oxygens (including phenoxy) is 3. The van der Waals surface area contributed by atoms with Crippen LogP contribution in [-0.2, 0) is 25.3 Å². The summed E-state index contributed by atoms with van der Waals surface area (Å²) in [5.41, 5.74) is 3.41. The lowest BCUT2D eigenvalue weighted by molar-refractivity contribution is -0.150. The van der Waals surface area contributed by atoms with E-state index in [0.717, 1.165) is 72.1 Å². The van der Waals surface area contributed by atoms with Gasteiger partial charge in [0, 0.05) is 27.7 Å². The summed E-state index contributed by atoms with van der Waals surface area (Å²) >= 11 is 0. The summed E-state index contributed by atoms with van der Waals surface area (Å²) < 4.78 is 35.0. The van der Waals surface area contributed by atoms with Crippen LogP contribution in [0.3, 0.4) is 0 Å². The highest BCUT2D eigenvalue weighted by Crippen LogP contribution is 2.55. The maximum atomic E-state index is 13.9. The van der Waals surface area contributed by atoms with E-state index in [0.29, 0.717) is 13.2 Å². The highest BCUT2D eigenvalue weighted by molar-refractivity contribution is 5.94. The first-order chi connectivity index (χ1) is 17.8. The van der Waals surface area contributed by atoms with Gasteiger partial charge in [-0.05, 0) is 68.5 Å². The van der Waals surface area contributed by atoms with Crippen molar-refractivity contribution in [3.63, 3.8) is 0 Å². The minimum Gasteiger partial charge on any atom is -0.493 e. The number of carbonyl (C=O) groups is 1. The maximum Gasteiger partial charge on any atom is 0.329 e. The van der Waals surface area contributed by atoms with Crippen LogP contribution < -0.4 is 4.74 Å². The van der Waals surface area contributed by atoms with Gasteiger partial charge in [-0.2, -0.15) is 0 Å². The first-order valence-electron chi connectivity index (χ1n) is 13.3. The molecular weight excluding hydrogens is 473 g/mol. The minimum atomic E-state index is -0.950. The normalized spacial score (nSPS) is 22.8. The summed E-state index contributed by atoms with van der Waals surface area (Å²) in [5, 5.41) is 10.1. The summed E-state index contributed by atoms with van der Waals surface area (Å²) in [4.78, 5) is 11.0. The van der Waals surface area contributed by atoms with E-state index in [1.54, 1.807) is 0 Å². The first kappa shape index (κ1) is 25.7. The molecular formula is C30H36FNO5. The van der Waals surface area contributed by atoms with Gasteiger partial charge in [0.2, 0.25) is 0 Å². The van der Waals surface area contributed by atoms with Gasteiger partial charge in [0.05, 0.1) is 30.4 Å². The predicted octanol–water partition coefficient (Wildman–Crippen LogP) is 6.50. The van der Waals surface area contributed by atoms with Gasteiger partial charge in [0.15, 0.2) is 0 Å². The van der Waals surface area contributed by atoms with Gasteiger partial charge in [-0.1, -0.05) is 33.3 Å². The van der Waals surface area contributed by atoms with E-state index in [9.17, 15) is 9.18 Å². The van der Waals surface area contributed by atoms with Crippen LogP contribution in [0.2, 0.25) is 0 Å². The highest BCUT2D eigenvalue weighted by Gasteiger charge is 2.50. The van der Waals surface area contributed by atoms with Crippen LogP contribution >= 0.6 is 0 Å². The van der Waals surface area contributed by atoms with Gasteiger partial charge in [-0.15, -0.1) is 0 Å². The van der Waals surface area contributed by atoms with Crippen LogP contribution in [0.4, 0.5) is 4.39 Å². The number of aliphatic carboxylic acids is 1. The number of rotatable bonds is 8. The second-order valence-electron chi connectivity index (χ2n) is 11.0. The molecule has 0 atom stereocenters. The molecule has 6 nitrogen and oxygen atoms in total. The molecule has 1 fully saturated rings. The zero-order chi connectivity index (χ0) is 26.2. The summed E-state index contributed by atoms with van der Waals surface area (Å²) in [6.45, 7) is 7.43. The number of nitrogens with zero attached hydrogens (tertiary/aromatic N) is 1. The number of hydrogen-bond donors (Lipinski definition) is 1. The molecule has 1 aliphatic heterocycles. The fourth-order valence-corrected chi connectivity index (χ4v) is 5.96. The number of unbranched alkanes of at least 4 members (excludes halogenated alkanes) is 1. The molecule has 3 aromatic rings. The van der Waals surface area contributed by atoms with Crippen molar-refractivity contribution in [2.45, 2.75) is 76.4 Å². The average Bonchev–Trinajstić information content (AvgIpc) is 3.25. The molecule has 2 heterocycles. The highest BCUT2D eigenvalue weighted by atomic mass is 19.1. The number of aromatic nitrogens is 1. The molecule has 1 saturated carbocycles. The lowest BCUT2D eigenvalue weighted by Crippen LogP contribution is -2.46. The van der Waals surface area contributed by atoms with E-state index in [1.165, 1.54) is 12.1 Å². The van der Waals surface area contributed by atoms with Gasteiger partial charge in [0.25, 0.3) is 0 Å². The molecule has 0 bridgehead atoms. The van der Waals surface area contributed by atoms with Crippen LogP contribution in [-0.4, -0.2) is 41.6 Å². The summed E-state index contributed by atoms with van der Waals surface area (Å²) in [6.07, 6.45) is 4.80. The monoisotopic (exact) mass is 509 g/mol. The molecule has 1 aliphatic carbocycles. The quantitative estimate of drug-likeness (QED) is 0.351. The van der Waals surface area contributed by atoms with Crippen LogP contribution in [0, 0.1) is 5.82 Å². The molecule has 0 amide bonds. The van der Waals surface area contributed by atoms with Crippen molar-refractivity contribution in [2.75, 3.05) is 19.8 Å². The lowest BCUT2D eigenvalue weighted by Gasteiger charge is -2.47. The maximum absolute atomic E-state index is 13.9. The first-order valence-corrected chi connectivity index (χ1v) is 13.3. The van der Waals surface area contributed by atoms with E-state index >= 15 is 0 Å². The summed E-state index contributed by atoms with van der Waals surface area (Å²) in [5.74, 6) is -0.376. The number of benzene rings is 2. The Labute approximate surface area is 217 Å². The molecule has 2 aromatic carbocycles. The van der Waals surface area contributed by atoms with Gasteiger partial charge in [-0.3, -0.25) is 0 Å². The smallest absolute Gasteiger partial charge is 0.329 e. The Hall–Kier alpha value is -2.90. The van der Waals surface area contributed by atoms with Gasteiger partial charge in [-0.25, -0.2) is 9.18 Å². The third-order valence-electron chi connectivity index (χ3n) is 7.78. The molecule has 2 aliphatic rings. The largest absolute Gasteiger partial charge is 0.493 e. The van der Waals surface area contributed by atoms with Crippen LogP contribution in [0.25, 0.3) is 16.6 Å². The molecule has 7 heteroatoms. The van der Waals surface area contributed by atoms with E-state index in [1.807, 2.05) is 24.3 Å². The van der Waals surface area contributed by atoms with Crippen molar-refractivity contribution in [3.8, 4) is 11.4 Å². The van der Waals surface area contributed by atoms with Crippen LogP contribution in [0.5, 0.6) is 5.75 Å². The SMILES string of the molecule is CCCCOc1cccc2c1c1c(n2-c2ccc(F)cc2)C(C)(C)CO[C@]12CC[C@@H](OCC(=O)O)CC2. The third-order valence-corrected chi connectivity index (χ3v) is 7.78. The van der Waals surface area contributed by atoms with Crippen molar-refractivity contribution in [1.82, 2.24) is 4.57 Å². The summed E-state index contributed by atoms with van der Waals surface area (Å²) in [7, 11) is 0. The Morgan fingerprint density at radius 2 is 1.89 bits per heavy atom. The van der Waals surface area contributed by atoms with Gasteiger partial charge >= 0.3 is 5.97 Å². The van der Waals surface area contributed by atoms with Crippen molar-refractivity contribution >= 4 is 16.9 Å². The van der Waals surface area contributed by atoms with E-state index in [2.05, 4.69) is 31.4 Å². The number of hydrogen-bond acceptors (Lipinski definition) is 4. The molecule has 37 heavy (non-hydrogen) atoms. The molecule has 1 spiro atoms. The Bertz CT molecular complexity index is 1270. The zero-order valence-electron chi connectivity index (χ0n) is 21.9. The van der Waals surface area contributed by atoms with Crippen LogP contribution in [0.15, 0.2) is 42.5 Å².